The molecule has 0 saturated heterocycles. The molecule has 0 aliphatic heterocycles. The molecule has 0 unspecified atom stereocenters. The minimum absolute atomic E-state index is 0.162. The van der Waals surface area contributed by atoms with Crippen LogP contribution in [0.25, 0.3) is 22.3 Å². The van der Waals surface area contributed by atoms with E-state index < -0.39 is 0 Å². The highest BCUT2D eigenvalue weighted by molar-refractivity contribution is 14.1. The van der Waals surface area contributed by atoms with E-state index in [0.29, 0.717) is 3.57 Å². The van der Waals surface area contributed by atoms with Gasteiger partial charge in [-0.25, -0.2) is 4.39 Å². The fourth-order valence-corrected chi connectivity index (χ4v) is 4.44. The first-order chi connectivity index (χ1) is 11.0. The highest BCUT2D eigenvalue weighted by atomic mass is 127. The molecule has 0 saturated carbocycles. The molecule has 0 fully saturated rings. The molecule has 0 spiro atoms. The van der Waals surface area contributed by atoms with Gasteiger partial charge in [0.25, 0.3) is 0 Å². The molecule has 0 radical (unpaired) electrons. The monoisotopic (exact) mass is 640 g/mol. The molecule has 0 aromatic heterocycles. The zero-order valence-corrected chi connectivity index (χ0v) is 18.7. The van der Waals surface area contributed by atoms with Crippen molar-refractivity contribution in [2.45, 2.75) is 6.92 Å². The van der Waals surface area contributed by atoms with Crippen LogP contribution in [-0.4, -0.2) is 0 Å². The highest BCUT2D eigenvalue weighted by Crippen LogP contribution is 2.34. The summed E-state index contributed by atoms with van der Waals surface area (Å²) < 4.78 is 16.5. The molecule has 3 aromatic carbocycles. The maximum absolute atomic E-state index is 13.7. The lowest BCUT2D eigenvalue weighted by Crippen LogP contribution is -1.92. The van der Waals surface area contributed by atoms with Crippen LogP contribution in [0.1, 0.15) is 5.56 Å². The van der Waals surface area contributed by atoms with E-state index in [4.69, 9.17) is 0 Å². The molecule has 0 aliphatic carbocycles. The molecule has 116 valence electrons. The van der Waals surface area contributed by atoms with Gasteiger partial charge in [-0.2, -0.15) is 0 Å². The molecule has 3 aromatic rings. The average molecular weight is 640 g/mol. The third-order valence-corrected chi connectivity index (χ3v) is 7.78. The van der Waals surface area contributed by atoms with E-state index >= 15 is 0 Å². The first kappa shape index (κ1) is 17.6. The summed E-state index contributed by atoms with van der Waals surface area (Å²) in [5.41, 5.74) is 5.89. The summed E-state index contributed by atoms with van der Waals surface area (Å²) in [5.74, 6) is -0.162. The van der Waals surface area contributed by atoms with Crippen molar-refractivity contribution in [3.63, 3.8) is 0 Å². The number of hydrogen-bond donors (Lipinski definition) is 0. The van der Waals surface area contributed by atoms with E-state index in [1.807, 2.05) is 6.07 Å². The Hall–Kier alpha value is -0.220. The van der Waals surface area contributed by atoms with Crippen molar-refractivity contribution in [3.8, 4) is 22.3 Å². The van der Waals surface area contributed by atoms with E-state index in [1.54, 1.807) is 6.07 Å². The zero-order valence-electron chi connectivity index (χ0n) is 12.2. The van der Waals surface area contributed by atoms with Gasteiger partial charge in [-0.05, 0) is 109 Å². The minimum Gasteiger partial charge on any atom is -0.206 e. The summed E-state index contributed by atoms with van der Waals surface area (Å²) in [7, 11) is 0. The van der Waals surface area contributed by atoms with Gasteiger partial charge in [-0.3, -0.25) is 0 Å². The lowest BCUT2D eigenvalue weighted by molar-refractivity contribution is 0.619. The van der Waals surface area contributed by atoms with Gasteiger partial charge in [0.15, 0.2) is 0 Å². The predicted molar refractivity (Wildman–Crippen MR) is 120 cm³/mol. The van der Waals surface area contributed by atoms with Gasteiger partial charge in [0.1, 0.15) is 5.82 Å². The molecular formula is C19H12FI3. The molecule has 0 heterocycles. The number of hydrogen-bond acceptors (Lipinski definition) is 0. The summed E-state index contributed by atoms with van der Waals surface area (Å²) in [5, 5.41) is 0. The Morgan fingerprint density at radius 3 is 1.96 bits per heavy atom. The maximum Gasteiger partial charge on any atom is 0.137 e. The molecule has 4 heteroatoms. The van der Waals surface area contributed by atoms with Crippen LogP contribution in [0.15, 0.2) is 54.6 Å². The molecule has 0 bridgehead atoms. The van der Waals surface area contributed by atoms with Crippen LogP contribution in [0.5, 0.6) is 0 Å². The topological polar surface area (TPSA) is 0 Å². The molecular weight excluding hydrogens is 628 g/mol. The zero-order chi connectivity index (χ0) is 16.6. The first-order valence-electron chi connectivity index (χ1n) is 6.98. The molecule has 0 N–H and O–H groups in total. The van der Waals surface area contributed by atoms with Crippen molar-refractivity contribution < 1.29 is 4.39 Å². The second-order valence-corrected chi connectivity index (χ2v) is 8.60. The minimum atomic E-state index is -0.162. The van der Waals surface area contributed by atoms with E-state index in [9.17, 15) is 4.39 Å². The van der Waals surface area contributed by atoms with Crippen LogP contribution in [0.3, 0.4) is 0 Å². The van der Waals surface area contributed by atoms with E-state index in [2.05, 4.69) is 117 Å². The van der Waals surface area contributed by atoms with Crippen molar-refractivity contribution in [2.75, 3.05) is 0 Å². The summed E-state index contributed by atoms with van der Waals surface area (Å²) >= 11 is 6.66. The summed E-state index contributed by atoms with van der Waals surface area (Å²) in [6.07, 6.45) is 0. The van der Waals surface area contributed by atoms with Crippen LogP contribution in [0, 0.1) is 23.5 Å². The number of benzene rings is 3. The Kier molecular flexibility index (Phi) is 5.62. The van der Waals surface area contributed by atoms with Crippen LogP contribution >= 0.6 is 67.8 Å². The van der Waals surface area contributed by atoms with Crippen molar-refractivity contribution in [2.24, 2.45) is 0 Å². The van der Waals surface area contributed by atoms with Crippen LogP contribution < -0.4 is 0 Å². The van der Waals surface area contributed by atoms with E-state index in [-0.39, 0.29) is 5.82 Å². The Morgan fingerprint density at radius 2 is 1.30 bits per heavy atom. The number of aryl methyl sites for hydroxylation is 1. The average Bonchev–Trinajstić information content (AvgIpc) is 2.54. The summed E-state index contributed by atoms with van der Waals surface area (Å²) in [6.45, 7) is 2.09. The second-order valence-electron chi connectivity index (χ2n) is 5.28. The van der Waals surface area contributed by atoms with Crippen molar-refractivity contribution in [1.29, 1.82) is 0 Å². The Balaban J connectivity index is 2.06. The van der Waals surface area contributed by atoms with Crippen LogP contribution in [0.2, 0.25) is 0 Å². The van der Waals surface area contributed by atoms with E-state index in [1.165, 1.54) is 20.3 Å². The SMILES string of the molecule is Cc1ccc(-c2ccc(-c3ccc(F)c(I)c3I)cc2I)cc1. The molecule has 0 amide bonds. The van der Waals surface area contributed by atoms with Gasteiger partial charge < -0.3 is 0 Å². The van der Waals surface area contributed by atoms with Crippen LogP contribution in [0.4, 0.5) is 4.39 Å². The van der Waals surface area contributed by atoms with Crippen molar-refractivity contribution >= 4 is 67.8 Å². The second kappa shape index (κ2) is 7.35. The summed E-state index contributed by atoms with van der Waals surface area (Å²) in [6, 6.07) is 18.4. The fraction of sp³-hybridized carbons (Fsp3) is 0.0526. The van der Waals surface area contributed by atoms with Crippen LogP contribution in [-0.2, 0) is 0 Å². The Morgan fingerprint density at radius 1 is 0.696 bits per heavy atom. The highest BCUT2D eigenvalue weighted by Gasteiger charge is 2.12. The molecule has 23 heavy (non-hydrogen) atoms. The van der Waals surface area contributed by atoms with Gasteiger partial charge in [0, 0.05) is 7.14 Å². The number of halogens is 4. The molecule has 0 nitrogen and oxygen atoms in total. The van der Waals surface area contributed by atoms with Crippen molar-refractivity contribution in [1.82, 2.24) is 0 Å². The quantitative estimate of drug-likeness (QED) is 0.204. The first-order valence-corrected chi connectivity index (χ1v) is 10.2. The standard InChI is InChI=1S/C19H12FI3/c1-11-2-4-12(5-3-11)14-7-6-13(10-17(14)21)15-8-9-16(20)19(23)18(15)22/h2-10H,1H3. The summed E-state index contributed by atoms with van der Waals surface area (Å²) in [4.78, 5) is 0. The van der Waals surface area contributed by atoms with Gasteiger partial charge >= 0.3 is 0 Å². The Labute approximate surface area is 176 Å². The normalized spacial score (nSPS) is 10.8. The fourth-order valence-electron chi connectivity index (χ4n) is 2.40. The maximum atomic E-state index is 13.7. The smallest absolute Gasteiger partial charge is 0.137 e. The third-order valence-electron chi connectivity index (χ3n) is 3.68. The van der Waals surface area contributed by atoms with Gasteiger partial charge in [0.05, 0.1) is 3.57 Å². The van der Waals surface area contributed by atoms with Gasteiger partial charge in [0.2, 0.25) is 0 Å². The third kappa shape index (κ3) is 3.73. The largest absolute Gasteiger partial charge is 0.206 e. The number of rotatable bonds is 2. The lowest BCUT2D eigenvalue weighted by Gasteiger charge is -2.11. The molecule has 0 atom stereocenters. The molecule has 0 aliphatic rings. The van der Waals surface area contributed by atoms with Crippen molar-refractivity contribution in [3.05, 3.63) is 76.7 Å². The molecule has 3 rings (SSSR count). The van der Waals surface area contributed by atoms with Gasteiger partial charge in [-0.1, -0.05) is 48.0 Å². The van der Waals surface area contributed by atoms with E-state index in [0.717, 1.165) is 14.7 Å². The predicted octanol–water partition coefficient (Wildman–Crippen LogP) is 7.28. The lowest BCUT2D eigenvalue weighted by atomic mass is 10.00. The Bertz CT molecular complexity index is 871. The van der Waals surface area contributed by atoms with Gasteiger partial charge in [-0.15, -0.1) is 0 Å².